The van der Waals surface area contributed by atoms with Crippen LogP contribution < -0.4 is 0 Å². The average Bonchev–Trinajstić information content (AvgIpc) is 2.95. The Kier molecular flexibility index (Phi) is 7.96. The lowest BCUT2D eigenvalue weighted by Gasteiger charge is -2.21. The normalized spacial score (nSPS) is 12.2. The molecule has 0 fully saturated rings. The van der Waals surface area contributed by atoms with Crippen molar-refractivity contribution in [2.45, 2.75) is 70.7 Å². The van der Waals surface area contributed by atoms with E-state index in [1.54, 1.807) is 4.31 Å². The van der Waals surface area contributed by atoms with E-state index >= 15 is 0 Å². The van der Waals surface area contributed by atoms with Crippen LogP contribution in [0.1, 0.15) is 65.1 Å². The molecular formula is C15H29N3O2S. The zero-order chi connectivity index (χ0) is 15.7. The highest BCUT2D eigenvalue weighted by atomic mass is 32.2. The van der Waals surface area contributed by atoms with E-state index in [-0.39, 0.29) is 5.03 Å². The zero-order valence-corrected chi connectivity index (χ0v) is 14.4. The molecule has 0 aliphatic carbocycles. The van der Waals surface area contributed by atoms with E-state index in [9.17, 15) is 8.42 Å². The number of sulfonamides is 1. The molecule has 21 heavy (non-hydrogen) atoms. The standard InChI is InChI=1S/C15H29N3O2S/c1-4-7-9-11-18(12-10-8-5-2)21(19,20)15-13-16-14(6-3)17-15/h13H,4-12H2,1-3H3,(H,16,17). The number of rotatable bonds is 11. The summed E-state index contributed by atoms with van der Waals surface area (Å²) in [7, 11) is -3.44. The van der Waals surface area contributed by atoms with Crippen LogP contribution in [0.3, 0.4) is 0 Å². The Labute approximate surface area is 129 Å². The molecule has 5 nitrogen and oxygen atoms in total. The summed E-state index contributed by atoms with van der Waals surface area (Å²) < 4.78 is 27.0. The van der Waals surface area contributed by atoms with Crippen LogP contribution in [0.4, 0.5) is 0 Å². The number of H-pyrrole nitrogens is 1. The minimum atomic E-state index is -3.44. The average molecular weight is 315 g/mol. The molecule has 6 heteroatoms. The summed E-state index contributed by atoms with van der Waals surface area (Å²) in [5.74, 6) is 0.718. The van der Waals surface area contributed by atoms with Crippen molar-refractivity contribution < 1.29 is 8.42 Å². The minimum Gasteiger partial charge on any atom is -0.332 e. The minimum absolute atomic E-state index is 0.229. The summed E-state index contributed by atoms with van der Waals surface area (Å²) in [5, 5.41) is 0.229. The highest BCUT2D eigenvalue weighted by molar-refractivity contribution is 7.89. The fourth-order valence-electron chi connectivity index (χ4n) is 2.22. The van der Waals surface area contributed by atoms with Gasteiger partial charge >= 0.3 is 0 Å². The number of nitrogens with one attached hydrogen (secondary N) is 1. The molecule has 1 N–H and O–H groups in total. The van der Waals surface area contributed by atoms with E-state index in [0.29, 0.717) is 19.5 Å². The predicted octanol–water partition coefficient (Wildman–Crippen LogP) is 3.34. The molecular weight excluding hydrogens is 286 g/mol. The van der Waals surface area contributed by atoms with Gasteiger partial charge in [-0.1, -0.05) is 46.5 Å². The Morgan fingerprint density at radius 2 is 1.62 bits per heavy atom. The first-order valence-electron chi connectivity index (χ1n) is 8.10. The topological polar surface area (TPSA) is 66.1 Å². The number of imidazole rings is 1. The van der Waals surface area contributed by atoms with Crippen molar-refractivity contribution in [2.24, 2.45) is 0 Å². The van der Waals surface area contributed by atoms with Crippen LogP contribution in [-0.4, -0.2) is 35.8 Å². The van der Waals surface area contributed by atoms with Gasteiger partial charge in [-0.25, -0.2) is 13.4 Å². The first kappa shape index (κ1) is 18.2. The highest BCUT2D eigenvalue weighted by Gasteiger charge is 2.25. The third kappa shape index (κ3) is 5.43. The monoisotopic (exact) mass is 315 g/mol. The molecule has 1 aromatic heterocycles. The van der Waals surface area contributed by atoms with Crippen LogP contribution in [0.5, 0.6) is 0 Å². The van der Waals surface area contributed by atoms with Crippen molar-refractivity contribution in [3.63, 3.8) is 0 Å². The summed E-state index contributed by atoms with van der Waals surface area (Å²) >= 11 is 0. The zero-order valence-electron chi connectivity index (χ0n) is 13.6. The van der Waals surface area contributed by atoms with Gasteiger partial charge in [-0.15, -0.1) is 0 Å². The molecule has 0 saturated carbocycles. The van der Waals surface area contributed by atoms with Crippen LogP contribution in [0.2, 0.25) is 0 Å². The Morgan fingerprint density at radius 1 is 1.05 bits per heavy atom. The lowest BCUT2D eigenvalue weighted by molar-refractivity contribution is 0.387. The molecule has 0 spiro atoms. The number of hydrogen-bond donors (Lipinski definition) is 1. The molecule has 0 aromatic carbocycles. The van der Waals surface area contributed by atoms with Crippen LogP contribution >= 0.6 is 0 Å². The van der Waals surface area contributed by atoms with Crippen molar-refractivity contribution in [2.75, 3.05) is 13.1 Å². The first-order chi connectivity index (χ1) is 10.1. The SMILES string of the molecule is CCCCCN(CCCCC)S(=O)(=O)c1cnc(CC)[nH]1. The summed E-state index contributed by atoms with van der Waals surface area (Å²) in [6.07, 6.45) is 8.28. The molecule has 1 rings (SSSR count). The van der Waals surface area contributed by atoms with Gasteiger partial charge in [-0.3, -0.25) is 0 Å². The van der Waals surface area contributed by atoms with Crippen LogP contribution in [0.25, 0.3) is 0 Å². The van der Waals surface area contributed by atoms with Gasteiger partial charge in [0.1, 0.15) is 5.82 Å². The van der Waals surface area contributed by atoms with Gasteiger partial charge in [-0.2, -0.15) is 4.31 Å². The molecule has 0 aliphatic rings. The van der Waals surface area contributed by atoms with Gasteiger partial charge in [0, 0.05) is 19.5 Å². The lowest BCUT2D eigenvalue weighted by atomic mass is 10.2. The molecule has 0 bridgehead atoms. The maximum absolute atomic E-state index is 12.7. The first-order valence-corrected chi connectivity index (χ1v) is 9.54. The van der Waals surface area contributed by atoms with Gasteiger partial charge in [0.15, 0.2) is 5.03 Å². The Balaban J connectivity index is 2.81. The number of nitrogens with zero attached hydrogens (tertiary/aromatic N) is 2. The van der Waals surface area contributed by atoms with Crippen molar-refractivity contribution in [1.82, 2.24) is 14.3 Å². The second kappa shape index (κ2) is 9.20. The molecule has 122 valence electrons. The maximum atomic E-state index is 12.7. The van der Waals surface area contributed by atoms with E-state index in [1.807, 2.05) is 6.92 Å². The van der Waals surface area contributed by atoms with Gasteiger partial charge in [-0.05, 0) is 12.8 Å². The molecule has 1 heterocycles. The van der Waals surface area contributed by atoms with Crippen LogP contribution in [0, 0.1) is 0 Å². The highest BCUT2D eigenvalue weighted by Crippen LogP contribution is 2.16. The van der Waals surface area contributed by atoms with Crippen molar-refractivity contribution in [3.05, 3.63) is 12.0 Å². The number of aryl methyl sites for hydroxylation is 1. The second-order valence-corrected chi connectivity index (χ2v) is 7.27. The number of hydrogen-bond acceptors (Lipinski definition) is 3. The molecule has 0 amide bonds. The van der Waals surface area contributed by atoms with E-state index in [1.165, 1.54) is 6.20 Å². The number of unbranched alkanes of at least 4 members (excludes halogenated alkanes) is 4. The Bertz CT molecular complexity index is 487. The summed E-state index contributed by atoms with van der Waals surface area (Å²) in [6.45, 7) is 7.40. The van der Waals surface area contributed by atoms with Crippen molar-refractivity contribution in [1.29, 1.82) is 0 Å². The second-order valence-electron chi connectivity index (χ2n) is 5.37. The largest absolute Gasteiger partial charge is 0.332 e. The maximum Gasteiger partial charge on any atom is 0.260 e. The molecule has 0 unspecified atom stereocenters. The fraction of sp³-hybridized carbons (Fsp3) is 0.800. The van der Waals surface area contributed by atoms with Crippen molar-refractivity contribution in [3.8, 4) is 0 Å². The Morgan fingerprint density at radius 3 is 2.05 bits per heavy atom. The van der Waals surface area contributed by atoms with Crippen molar-refractivity contribution >= 4 is 10.0 Å². The van der Waals surface area contributed by atoms with Crippen LogP contribution in [-0.2, 0) is 16.4 Å². The van der Waals surface area contributed by atoms with E-state index in [0.717, 1.165) is 44.3 Å². The smallest absolute Gasteiger partial charge is 0.260 e. The number of aromatic amines is 1. The van der Waals surface area contributed by atoms with Gasteiger partial charge in [0.25, 0.3) is 10.0 Å². The summed E-state index contributed by atoms with van der Waals surface area (Å²) in [5.41, 5.74) is 0. The van der Waals surface area contributed by atoms with Gasteiger partial charge < -0.3 is 4.98 Å². The lowest BCUT2D eigenvalue weighted by Crippen LogP contribution is -2.33. The predicted molar refractivity (Wildman–Crippen MR) is 85.8 cm³/mol. The summed E-state index contributed by atoms with van der Waals surface area (Å²) in [4.78, 5) is 7.04. The van der Waals surface area contributed by atoms with E-state index < -0.39 is 10.0 Å². The summed E-state index contributed by atoms with van der Waals surface area (Å²) in [6, 6.07) is 0. The molecule has 1 aromatic rings. The van der Waals surface area contributed by atoms with Gasteiger partial charge in [0.05, 0.1) is 6.20 Å². The quantitative estimate of drug-likeness (QED) is 0.637. The van der Waals surface area contributed by atoms with E-state index in [2.05, 4.69) is 23.8 Å². The molecule has 0 saturated heterocycles. The van der Waals surface area contributed by atoms with Gasteiger partial charge in [0.2, 0.25) is 0 Å². The van der Waals surface area contributed by atoms with E-state index in [4.69, 9.17) is 0 Å². The third-order valence-corrected chi connectivity index (χ3v) is 5.39. The molecule has 0 aliphatic heterocycles. The molecule has 0 atom stereocenters. The third-order valence-electron chi connectivity index (χ3n) is 3.58. The Hall–Kier alpha value is -0.880. The van der Waals surface area contributed by atoms with Crippen LogP contribution in [0.15, 0.2) is 11.2 Å². The number of aromatic nitrogens is 2. The fourth-order valence-corrected chi connectivity index (χ4v) is 3.67. The molecule has 0 radical (unpaired) electrons.